The molecule has 0 fully saturated rings. The van der Waals surface area contributed by atoms with E-state index in [0.717, 1.165) is 28.1 Å². The first-order chi connectivity index (χ1) is 28.3. The van der Waals surface area contributed by atoms with Crippen LogP contribution in [-0.2, 0) is 0 Å². The number of nitrogens with zero attached hydrogens (tertiary/aromatic N) is 2. The molecule has 0 N–H and O–H groups in total. The van der Waals surface area contributed by atoms with Gasteiger partial charge in [-0.3, -0.25) is 4.57 Å². The number of imidazole rings is 1. The number of rotatable bonds is 6. The van der Waals surface area contributed by atoms with Gasteiger partial charge in [0.2, 0.25) is 0 Å². The van der Waals surface area contributed by atoms with Gasteiger partial charge in [-0.15, -0.1) is 0 Å². The van der Waals surface area contributed by atoms with Gasteiger partial charge in [-0.1, -0.05) is 182 Å². The van der Waals surface area contributed by atoms with Gasteiger partial charge in [0.15, 0.2) is 0 Å². The van der Waals surface area contributed by atoms with Crippen molar-refractivity contribution in [3.8, 4) is 61.6 Å². The van der Waals surface area contributed by atoms with Crippen LogP contribution >= 0.6 is 0 Å². The second-order valence-corrected chi connectivity index (χ2v) is 14.7. The summed E-state index contributed by atoms with van der Waals surface area (Å²) in [5.74, 6) is 0.936. The first-order valence-corrected chi connectivity index (χ1v) is 19.5. The van der Waals surface area contributed by atoms with Gasteiger partial charge in [0.05, 0.1) is 11.0 Å². The molecule has 57 heavy (non-hydrogen) atoms. The normalized spacial score (nSPS) is 11.5. The molecule has 0 spiro atoms. The largest absolute Gasteiger partial charge is 0.292 e. The average molecular weight is 725 g/mol. The summed E-state index contributed by atoms with van der Waals surface area (Å²) in [4.78, 5) is 5.09. The minimum Gasteiger partial charge on any atom is -0.292 e. The Morgan fingerprint density at radius 1 is 0.316 bits per heavy atom. The Hall–Kier alpha value is -7.55. The first kappa shape index (κ1) is 32.8. The molecule has 0 bridgehead atoms. The van der Waals surface area contributed by atoms with Crippen LogP contribution in [0.15, 0.2) is 218 Å². The molecule has 2 heteroatoms. The van der Waals surface area contributed by atoms with Gasteiger partial charge in [-0.05, 0) is 113 Å². The number of hydrogen-bond donors (Lipinski definition) is 0. The maximum absolute atomic E-state index is 5.09. The fourth-order valence-electron chi connectivity index (χ4n) is 8.73. The summed E-state index contributed by atoms with van der Waals surface area (Å²) in [6.07, 6.45) is 0. The summed E-state index contributed by atoms with van der Waals surface area (Å²) in [5.41, 5.74) is 14.0. The summed E-state index contributed by atoms with van der Waals surface area (Å²) in [6, 6.07) is 79.0. The van der Waals surface area contributed by atoms with Crippen molar-refractivity contribution >= 4 is 43.4 Å². The molecule has 0 atom stereocenters. The first-order valence-electron chi connectivity index (χ1n) is 19.5. The third-order valence-electron chi connectivity index (χ3n) is 11.4. The Morgan fingerprint density at radius 2 is 0.772 bits per heavy atom. The third kappa shape index (κ3) is 5.61. The zero-order chi connectivity index (χ0) is 37.7. The highest BCUT2D eigenvalue weighted by Gasteiger charge is 2.21. The Balaban J connectivity index is 1.11. The molecule has 11 aromatic rings. The lowest BCUT2D eigenvalue weighted by molar-refractivity contribution is 1.10. The molecule has 0 radical (unpaired) electrons. The Kier molecular flexibility index (Phi) is 7.86. The monoisotopic (exact) mass is 724 g/mol. The van der Waals surface area contributed by atoms with Crippen molar-refractivity contribution in [3.05, 3.63) is 218 Å². The molecular weight excluding hydrogens is 689 g/mol. The maximum Gasteiger partial charge on any atom is 0.145 e. The molecule has 1 aromatic heterocycles. The highest BCUT2D eigenvalue weighted by atomic mass is 15.1. The number of fused-ring (bicyclic) bond motifs is 4. The van der Waals surface area contributed by atoms with Crippen molar-refractivity contribution in [1.29, 1.82) is 0 Å². The van der Waals surface area contributed by atoms with Crippen LogP contribution in [0.2, 0.25) is 0 Å². The summed E-state index contributed by atoms with van der Waals surface area (Å²) in [7, 11) is 0. The van der Waals surface area contributed by atoms with Crippen LogP contribution in [0.5, 0.6) is 0 Å². The molecule has 0 aliphatic carbocycles. The van der Waals surface area contributed by atoms with Crippen LogP contribution in [0, 0.1) is 0 Å². The molecule has 266 valence electrons. The fraction of sp³-hybridized carbons (Fsp3) is 0. The number of hydrogen-bond acceptors (Lipinski definition) is 1. The van der Waals surface area contributed by atoms with Crippen LogP contribution in [0.25, 0.3) is 105 Å². The summed E-state index contributed by atoms with van der Waals surface area (Å²) >= 11 is 0. The zero-order valence-corrected chi connectivity index (χ0v) is 31.2. The molecular formula is C55H36N2. The van der Waals surface area contributed by atoms with Crippen LogP contribution in [0.4, 0.5) is 0 Å². The van der Waals surface area contributed by atoms with Gasteiger partial charge in [0.25, 0.3) is 0 Å². The SMILES string of the molecule is c1ccc(-c2ccc(-c3cc4ccccc4cc3-c3c4ccccc4c(-c4ccc(-n5c(-c6ccccc6)nc6ccccc65)cc4)c4ccccc34)cc2)cc1. The smallest absolute Gasteiger partial charge is 0.145 e. The van der Waals surface area contributed by atoms with Crippen LogP contribution < -0.4 is 0 Å². The van der Waals surface area contributed by atoms with Crippen molar-refractivity contribution in [2.45, 2.75) is 0 Å². The van der Waals surface area contributed by atoms with Gasteiger partial charge in [-0.25, -0.2) is 4.98 Å². The average Bonchev–Trinajstić information content (AvgIpc) is 3.68. The maximum atomic E-state index is 5.09. The van der Waals surface area contributed by atoms with Gasteiger partial charge in [-0.2, -0.15) is 0 Å². The van der Waals surface area contributed by atoms with E-state index >= 15 is 0 Å². The lowest BCUT2D eigenvalue weighted by Gasteiger charge is -2.21. The topological polar surface area (TPSA) is 17.8 Å². The molecule has 0 saturated heterocycles. The lowest BCUT2D eigenvalue weighted by Crippen LogP contribution is -1.98. The van der Waals surface area contributed by atoms with Gasteiger partial charge < -0.3 is 0 Å². The molecule has 0 unspecified atom stereocenters. The van der Waals surface area contributed by atoms with Gasteiger partial charge >= 0.3 is 0 Å². The molecule has 0 aliphatic rings. The van der Waals surface area contributed by atoms with Crippen molar-refractivity contribution in [1.82, 2.24) is 9.55 Å². The van der Waals surface area contributed by atoms with Crippen molar-refractivity contribution in [2.75, 3.05) is 0 Å². The zero-order valence-electron chi connectivity index (χ0n) is 31.2. The van der Waals surface area contributed by atoms with E-state index in [0.29, 0.717) is 0 Å². The highest BCUT2D eigenvalue weighted by molar-refractivity contribution is 6.23. The molecule has 0 saturated carbocycles. The highest BCUT2D eigenvalue weighted by Crippen LogP contribution is 2.47. The molecule has 2 nitrogen and oxygen atoms in total. The van der Waals surface area contributed by atoms with Crippen molar-refractivity contribution < 1.29 is 0 Å². The lowest BCUT2D eigenvalue weighted by atomic mass is 9.83. The Morgan fingerprint density at radius 3 is 1.40 bits per heavy atom. The Labute approximate surface area is 331 Å². The van der Waals surface area contributed by atoms with Crippen molar-refractivity contribution in [2.24, 2.45) is 0 Å². The van der Waals surface area contributed by atoms with E-state index in [9.17, 15) is 0 Å². The predicted octanol–water partition coefficient (Wildman–Crippen LogP) is 14.8. The Bertz CT molecular complexity index is 3190. The third-order valence-corrected chi connectivity index (χ3v) is 11.4. The molecule has 11 rings (SSSR count). The predicted molar refractivity (Wildman–Crippen MR) is 241 cm³/mol. The van der Waals surface area contributed by atoms with Crippen LogP contribution in [0.3, 0.4) is 0 Å². The number of aromatic nitrogens is 2. The van der Waals surface area contributed by atoms with E-state index in [4.69, 9.17) is 4.98 Å². The summed E-state index contributed by atoms with van der Waals surface area (Å²) < 4.78 is 2.28. The van der Waals surface area contributed by atoms with E-state index in [1.807, 2.05) is 0 Å². The molecule has 1 heterocycles. The summed E-state index contributed by atoms with van der Waals surface area (Å²) in [6.45, 7) is 0. The molecule has 0 aliphatic heterocycles. The molecule has 10 aromatic carbocycles. The van der Waals surface area contributed by atoms with E-state index in [1.165, 1.54) is 76.8 Å². The number of benzene rings is 10. The van der Waals surface area contributed by atoms with E-state index in [2.05, 4.69) is 223 Å². The minimum absolute atomic E-state index is 0.936. The van der Waals surface area contributed by atoms with Crippen LogP contribution in [-0.4, -0.2) is 9.55 Å². The van der Waals surface area contributed by atoms with E-state index in [-0.39, 0.29) is 0 Å². The summed E-state index contributed by atoms with van der Waals surface area (Å²) in [5, 5.41) is 7.40. The van der Waals surface area contributed by atoms with Gasteiger partial charge in [0.1, 0.15) is 5.82 Å². The number of para-hydroxylation sites is 2. The van der Waals surface area contributed by atoms with Gasteiger partial charge in [0, 0.05) is 11.3 Å². The standard InChI is InChI=1S/C55H36N2/c1-3-15-37(16-4-1)38-27-29-39(30-28-38)49-35-42-19-7-8-20-43(42)36-50(49)54-47-23-11-9-21-45(47)53(46-22-10-12-24-48(46)54)40-31-33-44(34-32-40)57-52-26-14-13-25-51(52)56-55(57)41-17-5-2-6-18-41/h1-36H. The minimum atomic E-state index is 0.936. The second kappa shape index (κ2) is 13.6. The fourth-order valence-corrected chi connectivity index (χ4v) is 8.73. The quantitative estimate of drug-likeness (QED) is 0.156. The second-order valence-electron chi connectivity index (χ2n) is 14.7. The molecule has 0 amide bonds. The van der Waals surface area contributed by atoms with E-state index < -0.39 is 0 Å². The van der Waals surface area contributed by atoms with Crippen molar-refractivity contribution in [3.63, 3.8) is 0 Å². The van der Waals surface area contributed by atoms with E-state index in [1.54, 1.807) is 0 Å². The van der Waals surface area contributed by atoms with Crippen LogP contribution in [0.1, 0.15) is 0 Å².